The van der Waals surface area contributed by atoms with E-state index in [1.807, 2.05) is 0 Å². The molecule has 0 bridgehead atoms. The van der Waals surface area contributed by atoms with Crippen LogP contribution in [0.15, 0.2) is 0 Å². The number of hydrogen-bond donors (Lipinski definition) is 2. The maximum absolute atomic E-state index is 11.8. The van der Waals surface area contributed by atoms with Gasteiger partial charge in [0.15, 0.2) is 5.41 Å². The van der Waals surface area contributed by atoms with Gasteiger partial charge in [-0.1, -0.05) is 46.0 Å². The SMILES string of the molecule is CCC(CC)CCC(C(=O)O)(C(=O)O)C1CCCCC1. The molecule has 0 heterocycles. The van der Waals surface area contributed by atoms with E-state index in [4.69, 9.17) is 0 Å². The lowest BCUT2D eigenvalue weighted by molar-refractivity contribution is -0.171. The first-order valence-electron chi connectivity index (χ1n) is 7.95. The van der Waals surface area contributed by atoms with E-state index in [2.05, 4.69) is 13.8 Å². The Morgan fingerprint density at radius 1 is 1.05 bits per heavy atom. The molecule has 1 saturated carbocycles. The van der Waals surface area contributed by atoms with Gasteiger partial charge in [-0.3, -0.25) is 9.59 Å². The van der Waals surface area contributed by atoms with Crippen LogP contribution < -0.4 is 0 Å². The number of rotatable bonds is 8. The lowest BCUT2D eigenvalue weighted by Gasteiger charge is -2.36. The number of carbonyl (C=O) groups is 2. The van der Waals surface area contributed by atoms with E-state index in [1.54, 1.807) is 0 Å². The van der Waals surface area contributed by atoms with E-state index in [1.165, 1.54) is 0 Å². The van der Waals surface area contributed by atoms with Gasteiger partial charge in [0.1, 0.15) is 0 Å². The molecular weight excluding hydrogens is 256 g/mol. The minimum atomic E-state index is -1.57. The summed E-state index contributed by atoms with van der Waals surface area (Å²) < 4.78 is 0. The van der Waals surface area contributed by atoms with Crippen LogP contribution in [-0.4, -0.2) is 22.2 Å². The molecule has 0 aromatic heterocycles. The summed E-state index contributed by atoms with van der Waals surface area (Å²) in [6.45, 7) is 4.16. The minimum Gasteiger partial charge on any atom is -0.480 e. The zero-order valence-corrected chi connectivity index (χ0v) is 12.7. The molecule has 0 aromatic rings. The fourth-order valence-electron chi connectivity index (χ4n) is 3.58. The highest BCUT2D eigenvalue weighted by Gasteiger charge is 2.52. The Bertz CT molecular complexity index is 313. The Balaban J connectivity index is 2.92. The molecule has 20 heavy (non-hydrogen) atoms. The Labute approximate surface area is 121 Å². The molecule has 1 aliphatic carbocycles. The number of carboxylic acid groups (broad SMARTS) is 2. The molecule has 0 unspecified atom stereocenters. The molecule has 0 saturated heterocycles. The predicted molar refractivity (Wildman–Crippen MR) is 77.6 cm³/mol. The fraction of sp³-hybridized carbons (Fsp3) is 0.875. The van der Waals surface area contributed by atoms with Crippen LogP contribution >= 0.6 is 0 Å². The van der Waals surface area contributed by atoms with Crippen LogP contribution in [0.5, 0.6) is 0 Å². The van der Waals surface area contributed by atoms with Gasteiger partial charge in [-0.05, 0) is 37.5 Å². The van der Waals surface area contributed by atoms with Crippen LogP contribution in [0.4, 0.5) is 0 Å². The average molecular weight is 284 g/mol. The number of hydrogen-bond acceptors (Lipinski definition) is 2. The van der Waals surface area contributed by atoms with Crippen molar-refractivity contribution in [1.29, 1.82) is 0 Å². The van der Waals surface area contributed by atoms with Crippen molar-refractivity contribution in [1.82, 2.24) is 0 Å². The highest BCUT2D eigenvalue weighted by atomic mass is 16.4. The zero-order chi connectivity index (χ0) is 15.2. The topological polar surface area (TPSA) is 74.6 Å². The minimum absolute atomic E-state index is 0.208. The van der Waals surface area contributed by atoms with Crippen LogP contribution in [0.25, 0.3) is 0 Å². The van der Waals surface area contributed by atoms with Gasteiger partial charge in [0, 0.05) is 0 Å². The summed E-state index contributed by atoms with van der Waals surface area (Å²) in [7, 11) is 0. The second kappa shape index (κ2) is 7.65. The van der Waals surface area contributed by atoms with Gasteiger partial charge in [-0.15, -0.1) is 0 Å². The fourth-order valence-corrected chi connectivity index (χ4v) is 3.58. The second-order valence-corrected chi connectivity index (χ2v) is 6.14. The van der Waals surface area contributed by atoms with E-state index in [-0.39, 0.29) is 12.3 Å². The Hall–Kier alpha value is -1.06. The molecule has 4 heteroatoms. The maximum atomic E-state index is 11.8. The summed E-state index contributed by atoms with van der Waals surface area (Å²) in [4.78, 5) is 23.5. The Morgan fingerprint density at radius 2 is 1.55 bits per heavy atom. The third-order valence-electron chi connectivity index (χ3n) is 5.17. The van der Waals surface area contributed by atoms with E-state index in [0.29, 0.717) is 12.3 Å². The highest BCUT2D eigenvalue weighted by Crippen LogP contribution is 2.43. The van der Waals surface area contributed by atoms with Gasteiger partial charge in [0.05, 0.1) is 0 Å². The van der Waals surface area contributed by atoms with Crippen molar-refractivity contribution in [3.8, 4) is 0 Å². The standard InChI is InChI=1S/C16H28O4/c1-3-12(4-2)10-11-16(14(17)18,15(19)20)13-8-6-5-7-9-13/h12-13H,3-11H2,1-2H3,(H,17,18)(H,19,20). The highest BCUT2D eigenvalue weighted by molar-refractivity contribution is 5.98. The zero-order valence-electron chi connectivity index (χ0n) is 12.7. The van der Waals surface area contributed by atoms with Crippen LogP contribution in [0.2, 0.25) is 0 Å². The normalized spacial score (nSPS) is 17.4. The summed E-state index contributed by atoms with van der Waals surface area (Å²) in [6.07, 6.45) is 7.42. The van der Waals surface area contributed by atoms with Crippen LogP contribution in [-0.2, 0) is 9.59 Å². The largest absolute Gasteiger partial charge is 0.480 e. The van der Waals surface area contributed by atoms with Crippen molar-refractivity contribution in [3.05, 3.63) is 0 Å². The molecule has 2 N–H and O–H groups in total. The first-order chi connectivity index (χ1) is 9.48. The van der Waals surface area contributed by atoms with E-state index in [9.17, 15) is 19.8 Å². The van der Waals surface area contributed by atoms with E-state index < -0.39 is 17.4 Å². The maximum Gasteiger partial charge on any atom is 0.321 e. The average Bonchev–Trinajstić information content (AvgIpc) is 2.44. The molecule has 1 fully saturated rings. The van der Waals surface area contributed by atoms with Gasteiger partial charge in [-0.25, -0.2) is 0 Å². The smallest absolute Gasteiger partial charge is 0.321 e. The predicted octanol–water partition coefficient (Wildman–Crippen LogP) is 3.94. The van der Waals surface area contributed by atoms with Gasteiger partial charge in [0.2, 0.25) is 0 Å². The molecule has 0 spiro atoms. The van der Waals surface area contributed by atoms with Crippen molar-refractivity contribution in [3.63, 3.8) is 0 Å². The van der Waals surface area contributed by atoms with Crippen LogP contribution in [0.3, 0.4) is 0 Å². The quantitative estimate of drug-likeness (QED) is 0.662. The summed E-state index contributed by atoms with van der Waals surface area (Å²) in [5.74, 6) is -2.05. The van der Waals surface area contributed by atoms with Crippen molar-refractivity contribution in [2.24, 2.45) is 17.3 Å². The number of aliphatic carboxylic acids is 2. The van der Waals surface area contributed by atoms with Gasteiger partial charge in [-0.2, -0.15) is 0 Å². The van der Waals surface area contributed by atoms with E-state index in [0.717, 1.165) is 44.9 Å². The van der Waals surface area contributed by atoms with Crippen molar-refractivity contribution >= 4 is 11.9 Å². The Kier molecular flexibility index (Phi) is 6.50. The molecule has 0 aromatic carbocycles. The first-order valence-corrected chi connectivity index (χ1v) is 7.95. The molecule has 1 aliphatic rings. The lowest BCUT2D eigenvalue weighted by Crippen LogP contribution is -2.46. The van der Waals surface area contributed by atoms with Gasteiger partial charge in [0.25, 0.3) is 0 Å². The Morgan fingerprint density at radius 3 is 1.95 bits per heavy atom. The molecule has 0 aliphatic heterocycles. The summed E-state index contributed by atoms with van der Waals surface area (Å²) >= 11 is 0. The van der Waals surface area contributed by atoms with Crippen molar-refractivity contribution in [2.75, 3.05) is 0 Å². The third-order valence-corrected chi connectivity index (χ3v) is 5.17. The third kappa shape index (κ3) is 3.53. The molecule has 116 valence electrons. The molecule has 0 radical (unpaired) electrons. The second-order valence-electron chi connectivity index (χ2n) is 6.14. The van der Waals surface area contributed by atoms with Gasteiger partial charge >= 0.3 is 11.9 Å². The molecule has 4 nitrogen and oxygen atoms in total. The van der Waals surface area contributed by atoms with Crippen molar-refractivity contribution < 1.29 is 19.8 Å². The summed E-state index contributed by atoms with van der Waals surface area (Å²) in [5, 5.41) is 19.2. The summed E-state index contributed by atoms with van der Waals surface area (Å²) in [6, 6.07) is 0. The summed E-state index contributed by atoms with van der Waals surface area (Å²) in [5.41, 5.74) is -1.57. The molecule has 0 amide bonds. The monoisotopic (exact) mass is 284 g/mol. The number of carboxylic acids is 2. The van der Waals surface area contributed by atoms with Crippen LogP contribution in [0.1, 0.15) is 71.6 Å². The van der Waals surface area contributed by atoms with Crippen LogP contribution in [0, 0.1) is 17.3 Å². The van der Waals surface area contributed by atoms with Gasteiger partial charge < -0.3 is 10.2 Å². The first kappa shape index (κ1) is 17.0. The lowest BCUT2D eigenvalue weighted by atomic mass is 9.65. The van der Waals surface area contributed by atoms with E-state index >= 15 is 0 Å². The molecular formula is C16H28O4. The molecule has 1 rings (SSSR count). The van der Waals surface area contributed by atoms with Crippen molar-refractivity contribution in [2.45, 2.75) is 71.6 Å². The molecule has 0 atom stereocenters.